The van der Waals surface area contributed by atoms with Gasteiger partial charge in [-0.25, -0.2) is 4.39 Å². The van der Waals surface area contributed by atoms with Gasteiger partial charge in [-0.3, -0.25) is 4.79 Å². The highest BCUT2D eigenvalue weighted by molar-refractivity contribution is 5.78. The van der Waals surface area contributed by atoms with E-state index in [1.807, 2.05) is 0 Å². The number of ether oxygens (including phenoxy) is 2. The number of aldehydes is 1. The molecule has 0 aromatic heterocycles. The first kappa shape index (κ1) is 28.6. The molecule has 3 rings (SSSR count). The van der Waals surface area contributed by atoms with Gasteiger partial charge in [0, 0.05) is 11.8 Å². The minimum atomic E-state index is -5.02. The van der Waals surface area contributed by atoms with Crippen molar-refractivity contribution in [1.29, 1.82) is 0 Å². The average molecular weight is 534 g/mol. The van der Waals surface area contributed by atoms with Crippen LogP contribution in [0.5, 0.6) is 0 Å². The molecule has 0 N–H and O–H groups in total. The van der Waals surface area contributed by atoms with Crippen LogP contribution < -0.4 is 0 Å². The van der Waals surface area contributed by atoms with Crippen molar-refractivity contribution < 1.29 is 49.8 Å². The predicted molar refractivity (Wildman–Crippen MR) is 118 cm³/mol. The van der Waals surface area contributed by atoms with Crippen molar-refractivity contribution in [2.24, 2.45) is 11.8 Å². The van der Waals surface area contributed by atoms with Crippen molar-refractivity contribution >= 4 is 12.3 Å². The van der Waals surface area contributed by atoms with Crippen molar-refractivity contribution in [2.45, 2.75) is 57.2 Å². The molecule has 4 nitrogen and oxygen atoms in total. The first-order valence-corrected chi connectivity index (χ1v) is 11.6. The summed E-state index contributed by atoms with van der Waals surface area (Å²) < 4.78 is 105. The molecule has 2 aromatic rings. The lowest BCUT2D eigenvalue weighted by Crippen LogP contribution is -2.43. The van der Waals surface area contributed by atoms with Gasteiger partial charge in [0.05, 0.1) is 35.9 Å². The van der Waals surface area contributed by atoms with Crippen LogP contribution in [0.3, 0.4) is 0 Å². The summed E-state index contributed by atoms with van der Waals surface area (Å²) in [4.78, 5) is 24.7. The van der Waals surface area contributed by atoms with Gasteiger partial charge >= 0.3 is 18.3 Å². The summed E-state index contributed by atoms with van der Waals surface area (Å²) in [5, 5.41) is 0. The van der Waals surface area contributed by atoms with Crippen molar-refractivity contribution in [3.05, 3.63) is 70.5 Å². The summed E-state index contributed by atoms with van der Waals surface area (Å²) in [5.74, 6) is -3.93. The van der Waals surface area contributed by atoms with Gasteiger partial charge in [0.25, 0.3) is 0 Å². The Balaban J connectivity index is 2.03. The molecule has 2 aromatic carbocycles. The van der Waals surface area contributed by atoms with Crippen LogP contribution in [0, 0.1) is 17.7 Å². The first-order chi connectivity index (χ1) is 17.3. The molecule has 0 unspecified atom stereocenters. The molecule has 0 saturated heterocycles. The average Bonchev–Trinajstić information content (AvgIpc) is 2.83. The highest BCUT2D eigenvalue weighted by Crippen LogP contribution is 2.45. The topological polar surface area (TPSA) is 52.6 Å². The van der Waals surface area contributed by atoms with Crippen molar-refractivity contribution in [3.63, 3.8) is 0 Å². The fourth-order valence-corrected chi connectivity index (χ4v) is 4.74. The highest BCUT2D eigenvalue weighted by Gasteiger charge is 2.46. The molecule has 1 fully saturated rings. The third-order valence-corrected chi connectivity index (χ3v) is 6.48. The zero-order chi connectivity index (χ0) is 27.5. The second-order valence-electron chi connectivity index (χ2n) is 8.89. The van der Waals surface area contributed by atoms with Gasteiger partial charge in [0.15, 0.2) is 0 Å². The number of benzene rings is 2. The van der Waals surface area contributed by atoms with E-state index in [1.165, 1.54) is 19.1 Å². The third kappa shape index (κ3) is 6.68. The van der Waals surface area contributed by atoms with E-state index in [2.05, 4.69) is 0 Å². The molecule has 1 aliphatic carbocycles. The summed E-state index contributed by atoms with van der Waals surface area (Å²) in [5.41, 5.74) is -2.89. The quantitative estimate of drug-likeness (QED) is 0.221. The van der Waals surface area contributed by atoms with E-state index >= 15 is 0 Å². The van der Waals surface area contributed by atoms with Crippen LogP contribution in [0.25, 0.3) is 0 Å². The van der Waals surface area contributed by atoms with Crippen LogP contribution in [-0.2, 0) is 31.4 Å². The Morgan fingerprint density at radius 2 is 1.57 bits per heavy atom. The zero-order valence-electron chi connectivity index (χ0n) is 19.9. The Kier molecular flexibility index (Phi) is 8.66. The van der Waals surface area contributed by atoms with Crippen molar-refractivity contribution in [3.8, 4) is 0 Å². The van der Waals surface area contributed by atoms with Crippen LogP contribution in [0.1, 0.15) is 61.0 Å². The minimum absolute atomic E-state index is 0.0173. The van der Waals surface area contributed by atoms with Gasteiger partial charge in [-0.2, -0.15) is 26.3 Å². The largest absolute Gasteiger partial charge is 0.466 e. The van der Waals surface area contributed by atoms with E-state index in [4.69, 9.17) is 9.47 Å². The molecule has 11 heteroatoms. The number of esters is 1. The maximum Gasteiger partial charge on any atom is 0.416 e. The van der Waals surface area contributed by atoms with Crippen LogP contribution in [-0.4, -0.2) is 25.0 Å². The van der Waals surface area contributed by atoms with Crippen molar-refractivity contribution in [2.75, 3.05) is 6.61 Å². The van der Waals surface area contributed by atoms with Gasteiger partial charge in [-0.15, -0.1) is 0 Å². The lowest BCUT2D eigenvalue weighted by Gasteiger charge is -2.41. The molecule has 0 bridgehead atoms. The van der Waals surface area contributed by atoms with E-state index in [0.29, 0.717) is 24.0 Å². The molecule has 0 heterocycles. The smallest absolute Gasteiger partial charge is 0.416 e. The molecule has 1 saturated carbocycles. The monoisotopic (exact) mass is 534 g/mol. The minimum Gasteiger partial charge on any atom is -0.466 e. The summed E-state index contributed by atoms with van der Waals surface area (Å²) >= 11 is 0. The number of carbonyl (C=O) groups excluding carboxylic acids is 2. The van der Waals surface area contributed by atoms with E-state index < -0.39 is 65.2 Å². The molecule has 0 aliphatic heterocycles. The molecule has 202 valence electrons. The Hall–Kier alpha value is -2.95. The third-order valence-electron chi connectivity index (χ3n) is 6.48. The molecule has 0 radical (unpaired) electrons. The van der Waals surface area contributed by atoms with Crippen LogP contribution in [0.4, 0.5) is 30.7 Å². The second kappa shape index (κ2) is 11.2. The maximum atomic E-state index is 13.6. The van der Waals surface area contributed by atoms with Crippen LogP contribution >= 0.6 is 0 Å². The van der Waals surface area contributed by atoms with E-state index in [0.717, 1.165) is 12.1 Å². The SMILES string of the molecule is CCOC(=O)[C@H]1[C@H](c2ccc(F)cc2)[C@@H](O[C@H](C)c2cc(C(F)(F)F)cc(C(F)(F)F)c2)CC[C@@H]1C=O. The lowest BCUT2D eigenvalue weighted by molar-refractivity contribution is -0.158. The second-order valence-corrected chi connectivity index (χ2v) is 8.89. The number of alkyl halides is 6. The number of hydrogen-bond donors (Lipinski definition) is 0. The predicted octanol–water partition coefficient (Wildman–Crippen LogP) is 6.88. The normalized spacial score (nSPS) is 23.4. The van der Waals surface area contributed by atoms with E-state index in [1.54, 1.807) is 6.92 Å². The fraction of sp³-hybridized carbons (Fsp3) is 0.462. The highest BCUT2D eigenvalue weighted by atomic mass is 19.4. The maximum absolute atomic E-state index is 13.6. The molecule has 37 heavy (non-hydrogen) atoms. The summed E-state index contributed by atoms with van der Waals surface area (Å²) in [6.07, 6.45) is -11.2. The Labute approximate surface area is 208 Å². The van der Waals surface area contributed by atoms with Gasteiger partial charge in [0.1, 0.15) is 12.1 Å². The summed E-state index contributed by atoms with van der Waals surface area (Å²) in [7, 11) is 0. The molecule has 5 atom stereocenters. The van der Waals surface area contributed by atoms with Crippen LogP contribution in [0.15, 0.2) is 42.5 Å². The number of hydrogen-bond acceptors (Lipinski definition) is 4. The number of halogens is 7. The van der Waals surface area contributed by atoms with Crippen molar-refractivity contribution in [1.82, 2.24) is 0 Å². The molecule has 0 amide bonds. The zero-order valence-corrected chi connectivity index (χ0v) is 19.9. The molecule has 0 spiro atoms. The van der Waals surface area contributed by atoms with Gasteiger partial charge in [-0.05, 0) is 68.1 Å². The standard InChI is InChI=1S/C26H25F7O4/c1-3-36-24(35)23-16(13-34)6-9-21(22(23)15-4-7-20(27)8-5-15)37-14(2)17-10-18(25(28,29)30)12-19(11-17)26(31,32)33/h4-5,7-8,10-14,16,21-23H,3,6,9H2,1-2H3/t14-,16-,21+,22-,23-/m1/s1. The Morgan fingerprint density at radius 3 is 2.05 bits per heavy atom. The summed E-state index contributed by atoms with van der Waals surface area (Å²) in [6.45, 7) is 2.90. The van der Waals surface area contributed by atoms with Gasteiger partial charge < -0.3 is 14.3 Å². The number of carbonyl (C=O) groups is 2. The van der Waals surface area contributed by atoms with Gasteiger partial charge in [-0.1, -0.05) is 12.1 Å². The van der Waals surface area contributed by atoms with Crippen LogP contribution in [0.2, 0.25) is 0 Å². The van der Waals surface area contributed by atoms with Gasteiger partial charge in [0.2, 0.25) is 0 Å². The fourth-order valence-electron chi connectivity index (χ4n) is 4.74. The van der Waals surface area contributed by atoms with E-state index in [-0.39, 0.29) is 31.1 Å². The molecule has 1 aliphatic rings. The van der Waals surface area contributed by atoms with E-state index in [9.17, 15) is 40.3 Å². The summed E-state index contributed by atoms with van der Waals surface area (Å²) in [6, 6.07) is 6.29. The number of rotatable bonds is 7. The lowest BCUT2D eigenvalue weighted by atomic mass is 9.68. The Bertz CT molecular complexity index is 1060. The molecular formula is C26H25F7O4. The molecular weight excluding hydrogens is 509 g/mol. The Morgan fingerprint density at radius 1 is 1.00 bits per heavy atom. The first-order valence-electron chi connectivity index (χ1n) is 11.6.